The van der Waals surface area contributed by atoms with Crippen LogP contribution in [0, 0.1) is 24.1 Å². The summed E-state index contributed by atoms with van der Waals surface area (Å²) >= 11 is 6.41. The van der Waals surface area contributed by atoms with Gasteiger partial charge >= 0.3 is 0 Å². The van der Waals surface area contributed by atoms with Gasteiger partial charge in [-0.25, -0.2) is 4.39 Å². The molecule has 0 radical (unpaired) electrons. The molecule has 7 aliphatic heterocycles. The van der Waals surface area contributed by atoms with Crippen molar-refractivity contribution in [1.82, 2.24) is 37.2 Å². The summed E-state index contributed by atoms with van der Waals surface area (Å²) in [5.74, 6) is 4.54. The zero-order valence-electron chi connectivity index (χ0n) is 78.5. The molecule has 14 rings (SSSR count). The molecule has 7 saturated heterocycles. The molecular formula is C102H157ClFN15O2. The van der Waals surface area contributed by atoms with E-state index in [0.29, 0.717) is 83.7 Å². The molecule has 19 heteroatoms. The molecule has 8 N–H and O–H groups in total. The molecule has 121 heavy (non-hydrogen) atoms. The molecule has 7 aliphatic rings. The Morgan fingerprint density at radius 3 is 1.02 bits per heavy atom. The third-order valence-electron chi connectivity index (χ3n) is 25.0. The Balaban J connectivity index is 0.000000176. The fourth-order valence-electron chi connectivity index (χ4n) is 17.0. The van der Waals surface area contributed by atoms with Crippen LogP contribution in [-0.4, -0.2) is 192 Å². The van der Waals surface area contributed by atoms with Crippen LogP contribution in [0.25, 0.3) is 0 Å². The van der Waals surface area contributed by atoms with Crippen LogP contribution in [-0.2, 0) is 6.61 Å². The van der Waals surface area contributed by atoms with Gasteiger partial charge in [-0.15, -0.1) is 0 Å². The first kappa shape index (κ1) is 98.8. The smallest absolute Gasteiger partial charge is 0.146 e. The van der Waals surface area contributed by atoms with Crippen LogP contribution >= 0.6 is 11.6 Å². The first-order valence-corrected chi connectivity index (χ1v) is 46.3. The van der Waals surface area contributed by atoms with Gasteiger partial charge in [-0.1, -0.05) is 169 Å². The lowest BCUT2D eigenvalue weighted by atomic mass is 9.98. The largest absolute Gasteiger partial charge is 0.495 e. The number of aryl methyl sites for hydroxylation is 1. The molecule has 0 aliphatic carbocycles. The summed E-state index contributed by atoms with van der Waals surface area (Å²) < 4.78 is 19.7. The molecule has 0 bridgehead atoms. The number of rotatable bonds is 16. The lowest BCUT2D eigenvalue weighted by Crippen LogP contribution is -2.50. The van der Waals surface area contributed by atoms with Crippen LogP contribution in [0.1, 0.15) is 242 Å². The minimum absolute atomic E-state index is 0.0926. The predicted octanol–water partition coefficient (Wildman–Crippen LogP) is 18.7. The molecule has 17 nitrogen and oxygen atoms in total. The average Bonchev–Trinajstić information content (AvgIpc) is 0.826. The minimum Gasteiger partial charge on any atom is -0.495 e. The van der Waals surface area contributed by atoms with E-state index in [4.69, 9.17) is 16.3 Å². The number of hydrogen-bond acceptors (Lipinski definition) is 17. The van der Waals surface area contributed by atoms with Gasteiger partial charge < -0.3 is 81.4 Å². The van der Waals surface area contributed by atoms with E-state index in [1.807, 2.05) is 18.2 Å². The zero-order chi connectivity index (χ0) is 88.1. The summed E-state index contributed by atoms with van der Waals surface area (Å²) in [6, 6.07) is 53.3. The van der Waals surface area contributed by atoms with Gasteiger partial charge in [0.05, 0.1) is 47.1 Å². The molecular weight excluding hydrogens is 1520 g/mol. The number of piperazine rings is 7. The van der Waals surface area contributed by atoms with Gasteiger partial charge in [-0.05, 0) is 214 Å². The van der Waals surface area contributed by atoms with Gasteiger partial charge in [-0.2, -0.15) is 5.26 Å². The van der Waals surface area contributed by atoms with E-state index in [9.17, 15) is 14.8 Å². The van der Waals surface area contributed by atoms with Crippen molar-refractivity contribution in [3.05, 3.63) is 200 Å². The number of benzene rings is 7. The predicted molar refractivity (Wildman–Crippen MR) is 518 cm³/mol. The van der Waals surface area contributed by atoms with Gasteiger partial charge in [-0.3, -0.25) is 0 Å². The number of aliphatic hydroxyl groups is 1. The highest BCUT2D eigenvalue weighted by atomic mass is 35.5. The number of nitrogens with one attached hydrogen (secondary N) is 7. The summed E-state index contributed by atoms with van der Waals surface area (Å²) in [6.45, 7) is 70.1. The minimum atomic E-state index is -0.0926. The maximum atomic E-state index is 14.1. The van der Waals surface area contributed by atoms with E-state index >= 15 is 0 Å². The van der Waals surface area contributed by atoms with Gasteiger partial charge in [0.15, 0.2) is 0 Å². The molecule has 0 aromatic heterocycles. The maximum absolute atomic E-state index is 14.1. The van der Waals surface area contributed by atoms with Crippen molar-refractivity contribution in [2.45, 2.75) is 243 Å². The molecule has 7 heterocycles. The number of hydrogen-bond donors (Lipinski definition) is 8. The van der Waals surface area contributed by atoms with E-state index < -0.39 is 0 Å². The van der Waals surface area contributed by atoms with E-state index in [0.717, 1.165) is 176 Å². The van der Waals surface area contributed by atoms with Crippen molar-refractivity contribution >= 4 is 51.4 Å². The molecule has 7 aromatic carbocycles. The third-order valence-corrected chi connectivity index (χ3v) is 25.3. The SMILES string of the molecule is CC(C)c1ccc(N2CCNC[C@H]2C)c(C#N)c1.CC(C)c1ccc(N2CCNC[C@H]2C)c(CO)c1.CC(C)c1ccc(N2CCNC[C@H]2C)c(Cl)c1.CC(C)c1ccc(N2CCNC[C@H]2C)c(F)c1.CC(C)c1ccc(N2CCNC[C@H]2C)cc1.COc1cc(C(C)C)ccc1N1CCNC[C@H]1C.Cc1cc(C(C)C)ccc1N1CCNC[C@H]1C. The fraction of sp³-hybridized carbons (Fsp3) is 0.578. The van der Waals surface area contributed by atoms with Crippen molar-refractivity contribution in [3.63, 3.8) is 0 Å². The van der Waals surface area contributed by atoms with Crippen LogP contribution in [0.5, 0.6) is 5.75 Å². The van der Waals surface area contributed by atoms with Crippen LogP contribution < -0.4 is 76.3 Å². The van der Waals surface area contributed by atoms with E-state index in [2.05, 4.69) is 339 Å². The topological polar surface area (TPSA) is 160 Å². The zero-order valence-corrected chi connectivity index (χ0v) is 79.3. The molecule has 0 amide bonds. The lowest BCUT2D eigenvalue weighted by molar-refractivity contribution is 0.281. The molecule has 666 valence electrons. The van der Waals surface area contributed by atoms with Gasteiger partial charge in [0.2, 0.25) is 0 Å². The molecule has 7 atom stereocenters. The third kappa shape index (κ3) is 28.4. The van der Waals surface area contributed by atoms with Crippen LogP contribution in [0.15, 0.2) is 133 Å². The summed E-state index contributed by atoms with van der Waals surface area (Å²) in [5.41, 5.74) is 20.5. The second-order valence-corrected chi connectivity index (χ2v) is 37.1. The normalized spacial score (nSPS) is 20.7. The Bertz CT molecular complexity index is 4020. The number of nitriles is 1. The van der Waals surface area contributed by atoms with Crippen molar-refractivity contribution in [3.8, 4) is 11.8 Å². The Hall–Kier alpha value is -7.67. The van der Waals surface area contributed by atoms with Gasteiger partial charge in [0, 0.05) is 202 Å². The molecule has 0 saturated carbocycles. The molecule has 7 fully saturated rings. The van der Waals surface area contributed by atoms with Crippen LogP contribution in [0.4, 0.5) is 44.2 Å². The highest BCUT2D eigenvalue weighted by molar-refractivity contribution is 6.33. The summed E-state index contributed by atoms with van der Waals surface area (Å²) in [7, 11) is 1.76. The van der Waals surface area contributed by atoms with Crippen LogP contribution in [0.3, 0.4) is 0 Å². The van der Waals surface area contributed by atoms with Crippen molar-refractivity contribution in [1.29, 1.82) is 5.26 Å². The first-order chi connectivity index (χ1) is 57.8. The van der Waals surface area contributed by atoms with Crippen molar-refractivity contribution in [2.24, 2.45) is 0 Å². The number of aliphatic hydroxyl groups excluding tert-OH is 1. The second kappa shape index (κ2) is 49.1. The highest BCUT2D eigenvalue weighted by Gasteiger charge is 2.28. The number of ether oxygens (including phenoxy) is 1. The Morgan fingerprint density at radius 1 is 0.364 bits per heavy atom. The van der Waals surface area contributed by atoms with Gasteiger partial charge in [0.25, 0.3) is 0 Å². The number of methoxy groups -OCH3 is 1. The van der Waals surface area contributed by atoms with E-state index in [-0.39, 0.29) is 12.4 Å². The molecule has 7 aromatic rings. The Morgan fingerprint density at radius 2 is 0.653 bits per heavy atom. The van der Waals surface area contributed by atoms with Crippen molar-refractivity contribution < 1.29 is 14.2 Å². The first-order valence-electron chi connectivity index (χ1n) is 45.9. The molecule has 0 spiro atoms. The second-order valence-electron chi connectivity index (χ2n) is 36.7. The standard InChI is InChI=1S/C15H21N3.2C15H24N2O.C15H24N2.C14H21ClN2.C14H21FN2.C14H22N2/c1-11(2)13-4-5-15(14(8-13)9-16)18-7-6-17-10-12(18)3;1-11(2)13-5-6-14(15(9-13)18-4)17-8-7-16-10-12(17)3;1-11(2)13-4-5-15(14(8-13)10-18)17-7-6-16-9-12(17)3;1-11(2)14-5-6-15(12(3)9-14)17-8-7-16-10-13(17)4;2*1-10(2)12-4-5-14(13(15)8-12)17-7-6-16-9-11(17)3;1-11(2)13-4-6-14(7-5-13)16-9-8-15-10-12(16)3/h4-5,8,11-12,17H,6-7,10H2,1-3H3;5-6,9,11-12,16H,7-8,10H2,1-4H3;4-5,8,11-12,16,18H,6-7,9-10H2,1-3H3;5-6,9,11,13,16H,7-8,10H2,1-4H3;2*4-5,8,10-11,16H,6-7,9H2,1-3H3;4-7,11-12,15H,8-10H2,1-3H3/t3*12-;13-;2*11-;12-/m1111111/s1. The Kier molecular flexibility index (Phi) is 40.1. The van der Waals surface area contributed by atoms with E-state index in [1.54, 1.807) is 13.2 Å². The van der Waals surface area contributed by atoms with Crippen LogP contribution in [0.2, 0.25) is 5.02 Å². The summed E-state index contributed by atoms with van der Waals surface area (Å²) in [5, 5.41) is 43.6. The number of anilines is 7. The monoisotopic (exact) mass is 1680 g/mol. The average molecular weight is 1680 g/mol. The Labute approximate surface area is 737 Å². The fourth-order valence-corrected chi connectivity index (χ4v) is 17.3. The lowest BCUT2D eigenvalue weighted by Gasteiger charge is -2.37. The van der Waals surface area contributed by atoms with E-state index in [1.165, 1.54) is 67.4 Å². The highest BCUT2D eigenvalue weighted by Crippen LogP contribution is 2.37. The quantitative estimate of drug-likeness (QED) is 0.0461. The van der Waals surface area contributed by atoms with Gasteiger partial charge in [0.1, 0.15) is 17.6 Å². The number of halogens is 2. The van der Waals surface area contributed by atoms with Crippen molar-refractivity contribution in [2.75, 3.05) is 179 Å². The maximum Gasteiger partial charge on any atom is 0.146 e. The number of nitrogens with zero attached hydrogens (tertiary/aromatic N) is 8. The summed E-state index contributed by atoms with van der Waals surface area (Å²) in [4.78, 5) is 16.7. The molecule has 0 unspecified atom stereocenters. The summed E-state index contributed by atoms with van der Waals surface area (Å²) in [6.07, 6.45) is 0.